The quantitative estimate of drug-likeness (QED) is 0.780. The summed E-state index contributed by atoms with van der Waals surface area (Å²) in [6.07, 6.45) is 0.947. The number of hydrogen-bond donors (Lipinski definition) is 1. The van der Waals surface area contributed by atoms with Gasteiger partial charge in [0.25, 0.3) is 5.91 Å². The number of aromatic nitrogens is 2. The number of nitrogens with zero attached hydrogens (tertiary/aromatic N) is 3. The van der Waals surface area contributed by atoms with Gasteiger partial charge in [0, 0.05) is 18.3 Å². The molecule has 0 spiro atoms. The summed E-state index contributed by atoms with van der Waals surface area (Å²) < 4.78 is 1.87. The van der Waals surface area contributed by atoms with Crippen molar-refractivity contribution in [2.24, 2.45) is 0 Å². The first-order chi connectivity index (χ1) is 8.41. The van der Waals surface area contributed by atoms with Crippen molar-refractivity contribution in [2.75, 3.05) is 27.2 Å². The van der Waals surface area contributed by atoms with Gasteiger partial charge in [-0.2, -0.15) is 5.10 Å². The van der Waals surface area contributed by atoms with Gasteiger partial charge in [0.05, 0.1) is 0 Å². The molecule has 0 radical (unpaired) electrons. The van der Waals surface area contributed by atoms with E-state index >= 15 is 0 Å². The van der Waals surface area contributed by atoms with Gasteiger partial charge in [-0.05, 0) is 53.9 Å². The van der Waals surface area contributed by atoms with Crippen LogP contribution < -0.4 is 5.32 Å². The zero-order valence-corrected chi connectivity index (χ0v) is 12.0. The molecule has 18 heavy (non-hydrogen) atoms. The zero-order valence-electron chi connectivity index (χ0n) is 12.0. The molecule has 0 saturated carbocycles. The maximum absolute atomic E-state index is 11.9. The van der Waals surface area contributed by atoms with Gasteiger partial charge < -0.3 is 10.2 Å². The van der Waals surface area contributed by atoms with E-state index in [-0.39, 0.29) is 11.9 Å². The fourth-order valence-electron chi connectivity index (χ4n) is 1.81. The summed E-state index contributed by atoms with van der Waals surface area (Å²) in [6.45, 7) is 7.73. The largest absolute Gasteiger partial charge is 0.351 e. The summed E-state index contributed by atoms with van der Waals surface area (Å²) in [5.41, 5.74) is 1.52. The molecule has 1 aromatic rings. The zero-order chi connectivity index (χ0) is 13.7. The van der Waals surface area contributed by atoms with E-state index in [1.54, 1.807) is 0 Å². The van der Waals surface area contributed by atoms with E-state index in [2.05, 4.69) is 29.2 Å². The fraction of sp³-hybridized carbons (Fsp3) is 0.692. The first kappa shape index (κ1) is 14.7. The molecule has 1 heterocycles. The average Bonchev–Trinajstić information content (AvgIpc) is 2.66. The lowest BCUT2D eigenvalue weighted by Gasteiger charge is -2.09. The minimum Gasteiger partial charge on any atom is -0.351 e. The Morgan fingerprint density at radius 2 is 2.17 bits per heavy atom. The smallest absolute Gasteiger partial charge is 0.271 e. The van der Waals surface area contributed by atoms with E-state index in [0.717, 1.165) is 18.7 Å². The third-order valence-corrected chi connectivity index (χ3v) is 2.71. The molecular formula is C13H24N4O. The second-order valence-electron chi connectivity index (χ2n) is 5.12. The highest BCUT2D eigenvalue weighted by Crippen LogP contribution is 2.09. The molecule has 0 aliphatic heterocycles. The summed E-state index contributed by atoms with van der Waals surface area (Å²) in [5, 5.41) is 7.21. The number of carbonyl (C=O) groups is 1. The van der Waals surface area contributed by atoms with Gasteiger partial charge in [0.2, 0.25) is 0 Å². The first-order valence-electron chi connectivity index (χ1n) is 6.41. The standard InChI is InChI=1S/C13H24N4O/c1-10(2)17-11(3)9-12(15-17)13(18)14-7-6-8-16(4)5/h9-10H,6-8H2,1-5H3,(H,14,18). The molecule has 5 heteroatoms. The van der Waals surface area contributed by atoms with Crippen LogP contribution in [0.5, 0.6) is 0 Å². The van der Waals surface area contributed by atoms with Crippen LogP contribution >= 0.6 is 0 Å². The Balaban J connectivity index is 2.49. The SMILES string of the molecule is Cc1cc(C(=O)NCCCN(C)C)nn1C(C)C. The minimum atomic E-state index is -0.0868. The predicted octanol–water partition coefficient (Wildman–Crippen LogP) is 1.45. The van der Waals surface area contributed by atoms with E-state index in [9.17, 15) is 4.79 Å². The lowest BCUT2D eigenvalue weighted by molar-refractivity contribution is 0.0946. The molecule has 0 bridgehead atoms. The Kier molecular flexibility index (Phi) is 5.34. The summed E-state index contributed by atoms with van der Waals surface area (Å²) in [7, 11) is 4.05. The van der Waals surface area contributed by atoms with Crippen LogP contribution in [-0.2, 0) is 0 Å². The fourth-order valence-corrected chi connectivity index (χ4v) is 1.81. The summed E-state index contributed by atoms with van der Waals surface area (Å²) in [6, 6.07) is 2.11. The van der Waals surface area contributed by atoms with Gasteiger partial charge in [-0.1, -0.05) is 0 Å². The highest BCUT2D eigenvalue weighted by Gasteiger charge is 2.12. The Bertz CT molecular complexity index is 396. The van der Waals surface area contributed by atoms with Crippen LogP contribution in [-0.4, -0.2) is 47.8 Å². The lowest BCUT2D eigenvalue weighted by atomic mass is 10.3. The molecule has 0 aromatic carbocycles. The van der Waals surface area contributed by atoms with Crippen molar-refractivity contribution in [1.29, 1.82) is 0 Å². The second-order valence-corrected chi connectivity index (χ2v) is 5.12. The van der Waals surface area contributed by atoms with Crippen LogP contribution in [0.1, 0.15) is 42.5 Å². The molecule has 0 atom stereocenters. The molecule has 0 fully saturated rings. The monoisotopic (exact) mass is 252 g/mol. The van der Waals surface area contributed by atoms with Crippen molar-refractivity contribution in [3.63, 3.8) is 0 Å². The van der Waals surface area contributed by atoms with Gasteiger partial charge in [-0.15, -0.1) is 0 Å². The number of hydrogen-bond acceptors (Lipinski definition) is 3. The molecule has 0 unspecified atom stereocenters. The van der Waals surface area contributed by atoms with Crippen molar-refractivity contribution >= 4 is 5.91 Å². The van der Waals surface area contributed by atoms with Crippen LogP contribution in [0.3, 0.4) is 0 Å². The van der Waals surface area contributed by atoms with Gasteiger partial charge in [0.1, 0.15) is 5.69 Å². The lowest BCUT2D eigenvalue weighted by Crippen LogP contribution is -2.27. The number of nitrogens with one attached hydrogen (secondary N) is 1. The van der Waals surface area contributed by atoms with Crippen molar-refractivity contribution < 1.29 is 4.79 Å². The van der Waals surface area contributed by atoms with Crippen LogP contribution in [0.15, 0.2) is 6.07 Å². The number of rotatable bonds is 6. The third-order valence-electron chi connectivity index (χ3n) is 2.71. The topological polar surface area (TPSA) is 50.2 Å². The van der Waals surface area contributed by atoms with Gasteiger partial charge >= 0.3 is 0 Å². The first-order valence-corrected chi connectivity index (χ1v) is 6.41. The molecule has 102 valence electrons. The van der Waals surface area contributed by atoms with E-state index in [0.29, 0.717) is 12.2 Å². The number of carbonyl (C=O) groups excluding carboxylic acids is 1. The van der Waals surface area contributed by atoms with Crippen LogP contribution in [0.4, 0.5) is 0 Å². The summed E-state index contributed by atoms with van der Waals surface area (Å²) >= 11 is 0. The van der Waals surface area contributed by atoms with E-state index in [4.69, 9.17) is 0 Å². The summed E-state index contributed by atoms with van der Waals surface area (Å²) in [4.78, 5) is 14.0. The molecule has 1 rings (SSSR count). The van der Waals surface area contributed by atoms with E-state index in [1.807, 2.05) is 31.8 Å². The van der Waals surface area contributed by atoms with Gasteiger partial charge in [0.15, 0.2) is 0 Å². The Labute approximate surface area is 109 Å². The normalized spacial score (nSPS) is 11.3. The summed E-state index contributed by atoms with van der Waals surface area (Å²) in [5.74, 6) is -0.0868. The van der Waals surface area contributed by atoms with Crippen molar-refractivity contribution in [3.8, 4) is 0 Å². The van der Waals surface area contributed by atoms with Gasteiger partial charge in [-0.3, -0.25) is 9.48 Å². The number of amides is 1. The van der Waals surface area contributed by atoms with Crippen molar-refractivity contribution in [2.45, 2.75) is 33.2 Å². The molecule has 1 aromatic heterocycles. The molecule has 0 saturated heterocycles. The molecule has 0 aliphatic carbocycles. The minimum absolute atomic E-state index is 0.0868. The molecule has 1 amide bonds. The predicted molar refractivity (Wildman–Crippen MR) is 72.9 cm³/mol. The Morgan fingerprint density at radius 1 is 1.50 bits per heavy atom. The van der Waals surface area contributed by atoms with Gasteiger partial charge in [-0.25, -0.2) is 0 Å². The Hall–Kier alpha value is -1.36. The van der Waals surface area contributed by atoms with Crippen LogP contribution in [0, 0.1) is 6.92 Å². The molecule has 5 nitrogen and oxygen atoms in total. The highest BCUT2D eigenvalue weighted by atomic mass is 16.1. The average molecular weight is 252 g/mol. The van der Waals surface area contributed by atoms with Crippen LogP contribution in [0.25, 0.3) is 0 Å². The number of aryl methyl sites for hydroxylation is 1. The third kappa shape index (κ3) is 4.14. The molecule has 1 N–H and O–H groups in total. The Morgan fingerprint density at radius 3 is 2.67 bits per heavy atom. The molecule has 0 aliphatic rings. The van der Waals surface area contributed by atoms with Crippen molar-refractivity contribution in [3.05, 3.63) is 17.5 Å². The maximum Gasteiger partial charge on any atom is 0.271 e. The maximum atomic E-state index is 11.9. The van der Waals surface area contributed by atoms with Crippen LogP contribution in [0.2, 0.25) is 0 Å². The second kappa shape index (κ2) is 6.54. The van der Waals surface area contributed by atoms with E-state index < -0.39 is 0 Å². The van der Waals surface area contributed by atoms with Crippen molar-refractivity contribution in [1.82, 2.24) is 20.0 Å². The van der Waals surface area contributed by atoms with E-state index in [1.165, 1.54) is 0 Å². The molecular weight excluding hydrogens is 228 g/mol. The highest BCUT2D eigenvalue weighted by molar-refractivity contribution is 5.92.